The number of likely N-dealkylation sites (tertiary alicyclic amines) is 1. The normalized spacial score (nSPS) is 20.3. The van der Waals surface area contributed by atoms with Crippen molar-refractivity contribution in [3.63, 3.8) is 0 Å². The molecule has 2 N–H and O–H groups in total. The van der Waals surface area contributed by atoms with Crippen molar-refractivity contribution >= 4 is 0 Å². The van der Waals surface area contributed by atoms with E-state index in [0.29, 0.717) is 0 Å². The molecular weight excluding hydrogens is 260 g/mol. The van der Waals surface area contributed by atoms with E-state index >= 15 is 0 Å². The van der Waals surface area contributed by atoms with Crippen LogP contribution >= 0.6 is 0 Å². The van der Waals surface area contributed by atoms with Gasteiger partial charge in [-0.3, -0.25) is 0 Å². The van der Waals surface area contributed by atoms with Gasteiger partial charge in [-0.15, -0.1) is 0 Å². The van der Waals surface area contributed by atoms with Crippen LogP contribution in [0.5, 0.6) is 0 Å². The van der Waals surface area contributed by atoms with Crippen molar-refractivity contribution in [2.24, 2.45) is 5.92 Å². The Hall–Kier alpha value is -0.900. The third-order valence-electron chi connectivity index (χ3n) is 5.01. The van der Waals surface area contributed by atoms with Gasteiger partial charge in [0.15, 0.2) is 0 Å². The maximum absolute atomic E-state index is 9.44. The van der Waals surface area contributed by atoms with E-state index in [2.05, 4.69) is 47.5 Å². The van der Waals surface area contributed by atoms with Gasteiger partial charge in [-0.25, -0.2) is 0 Å². The maximum Gasteiger partial charge on any atom is 0.0610 e. The minimum atomic E-state index is -0.138. The van der Waals surface area contributed by atoms with Crippen molar-refractivity contribution in [1.29, 1.82) is 0 Å². The number of likely N-dealkylation sites (N-methyl/N-ethyl adjacent to an activating group) is 1. The topological polar surface area (TPSA) is 35.5 Å². The number of aliphatic hydroxyl groups excluding tert-OH is 1. The van der Waals surface area contributed by atoms with E-state index in [1.165, 1.54) is 37.9 Å². The van der Waals surface area contributed by atoms with Gasteiger partial charge in [-0.2, -0.15) is 0 Å². The number of aliphatic hydroxyl groups is 1. The third-order valence-corrected chi connectivity index (χ3v) is 5.01. The van der Waals surface area contributed by atoms with Crippen LogP contribution in [0.3, 0.4) is 0 Å². The smallest absolute Gasteiger partial charge is 0.0610 e. The molecule has 1 aliphatic rings. The van der Waals surface area contributed by atoms with E-state index in [0.717, 1.165) is 18.9 Å². The number of hydrogen-bond acceptors (Lipinski definition) is 3. The van der Waals surface area contributed by atoms with Crippen LogP contribution in [0, 0.1) is 5.92 Å². The summed E-state index contributed by atoms with van der Waals surface area (Å²) in [6.45, 7) is 5.77. The Kier molecular flexibility index (Phi) is 6.22. The fourth-order valence-corrected chi connectivity index (χ4v) is 3.05. The first-order chi connectivity index (χ1) is 10.1. The highest BCUT2D eigenvalue weighted by Crippen LogP contribution is 2.22. The molecule has 1 aliphatic heterocycles. The number of hydrogen-bond donors (Lipinski definition) is 2. The van der Waals surface area contributed by atoms with Crippen LogP contribution in [0.1, 0.15) is 31.7 Å². The lowest BCUT2D eigenvalue weighted by molar-refractivity contribution is 0.132. The standard InChI is InChI=1S/C18H30N2O/c1-18(15-21,19-2)10-13-20-11-8-17(9-12-20)14-16-6-4-3-5-7-16/h3-7,17,19,21H,8-15H2,1-2H3. The van der Waals surface area contributed by atoms with Gasteiger partial charge < -0.3 is 15.3 Å². The molecule has 3 heteroatoms. The van der Waals surface area contributed by atoms with E-state index in [9.17, 15) is 5.11 Å². The fraction of sp³-hybridized carbons (Fsp3) is 0.667. The minimum Gasteiger partial charge on any atom is -0.394 e. The molecule has 1 aromatic carbocycles. The molecule has 3 nitrogen and oxygen atoms in total. The fourth-order valence-electron chi connectivity index (χ4n) is 3.05. The SMILES string of the molecule is CNC(C)(CO)CCN1CCC(Cc2ccccc2)CC1. The molecule has 1 aromatic rings. The lowest BCUT2D eigenvalue weighted by atomic mass is 9.89. The van der Waals surface area contributed by atoms with Gasteiger partial charge in [0.25, 0.3) is 0 Å². The lowest BCUT2D eigenvalue weighted by Gasteiger charge is -2.35. The van der Waals surface area contributed by atoms with Crippen molar-refractivity contribution in [3.05, 3.63) is 35.9 Å². The number of benzene rings is 1. The Morgan fingerprint density at radius 1 is 1.24 bits per heavy atom. The first-order valence-corrected chi connectivity index (χ1v) is 8.21. The van der Waals surface area contributed by atoms with Crippen LogP contribution in [-0.2, 0) is 6.42 Å². The Balaban J connectivity index is 1.71. The molecule has 0 spiro atoms. The molecule has 0 aromatic heterocycles. The largest absolute Gasteiger partial charge is 0.394 e. The van der Waals surface area contributed by atoms with Gasteiger partial charge in [0.1, 0.15) is 0 Å². The molecule has 0 bridgehead atoms. The lowest BCUT2D eigenvalue weighted by Crippen LogP contribution is -2.47. The summed E-state index contributed by atoms with van der Waals surface area (Å²) in [6.07, 6.45) is 4.82. The molecule has 0 saturated carbocycles. The summed E-state index contributed by atoms with van der Waals surface area (Å²) in [5, 5.41) is 12.7. The van der Waals surface area contributed by atoms with Gasteiger partial charge in [0.2, 0.25) is 0 Å². The van der Waals surface area contributed by atoms with Gasteiger partial charge in [-0.05, 0) is 70.8 Å². The van der Waals surface area contributed by atoms with Crippen molar-refractivity contribution in [1.82, 2.24) is 10.2 Å². The summed E-state index contributed by atoms with van der Waals surface area (Å²) in [5.74, 6) is 0.831. The van der Waals surface area contributed by atoms with Crippen molar-refractivity contribution in [3.8, 4) is 0 Å². The van der Waals surface area contributed by atoms with E-state index in [1.54, 1.807) is 0 Å². The van der Waals surface area contributed by atoms with Crippen LogP contribution in [-0.4, -0.2) is 48.8 Å². The number of piperidine rings is 1. The Morgan fingerprint density at radius 2 is 1.90 bits per heavy atom. The molecule has 0 amide bonds. The Labute approximate surface area is 129 Å². The van der Waals surface area contributed by atoms with Crippen LogP contribution in [0.4, 0.5) is 0 Å². The summed E-state index contributed by atoms with van der Waals surface area (Å²) >= 11 is 0. The van der Waals surface area contributed by atoms with E-state index in [-0.39, 0.29) is 12.1 Å². The molecule has 1 heterocycles. The molecule has 21 heavy (non-hydrogen) atoms. The van der Waals surface area contributed by atoms with Crippen molar-refractivity contribution < 1.29 is 5.11 Å². The number of nitrogens with zero attached hydrogens (tertiary/aromatic N) is 1. The molecule has 2 rings (SSSR count). The average molecular weight is 290 g/mol. The zero-order valence-electron chi connectivity index (χ0n) is 13.5. The zero-order chi connectivity index (χ0) is 15.1. The minimum absolute atomic E-state index is 0.138. The predicted molar refractivity (Wildman–Crippen MR) is 88.5 cm³/mol. The zero-order valence-corrected chi connectivity index (χ0v) is 13.5. The first kappa shape index (κ1) is 16.5. The average Bonchev–Trinajstić information content (AvgIpc) is 2.55. The Bertz CT molecular complexity index is 395. The molecule has 118 valence electrons. The van der Waals surface area contributed by atoms with Crippen LogP contribution in [0.2, 0.25) is 0 Å². The Morgan fingerprint density at radius 3 is 2.48 bits per heavy atom. The molecule has 1 unspecified atom stereocenters. The molecule has 1 saturated heterocycles. The van der Waals surface area contributed by atoms with Gasteiger partial charge in [0.05, 0.1) is 6.61 Å². The van der Waals surface area contributed by atoms with Crippen LogP contribution in [0.15, 0.2) is 30.3 Å². The summed E-state index contributed by atoms with van der Waals surface area (Å²) < 4.78 is 0. The second-order valence-corrected chi connectivity index (χ2v) is 6.69. The highest BCUT2D eigenvalue weighted by Gasteiger charge is 2.24. The van der Waals surface area contributed by atoms with Gasteiger partial charge in [-0.1, -0.05) is 30.3 Å². The van der Waals surface area contributed by atoms with Crippen molar-refractivity contribution in [2.75, 3.05) is 33.3 Å². The molecule has 0 radical (unpaired) electrons. The van der Waals surface area contributed by atoms with E-state index in [4.69, 9.17) is 0 Å². The van der Waals surface area contributed by atoms with Crippen molar-refractivity contribution in [2.45, 2.75) is 38.1 Å². The first-order valence-electron chi connectivity index (χ1n) is 8.21. The maximum atomic E-state index is 9.44. The van der Waals surface area contributed by atoms with E-state index < -0.39 is 0 Å². The monoisotopic (exact) mass is 290 g/mol. The predicted octanol–water partition coefficient (Wildman–Crippen LogP) is 2.30. The molecule has 1 fully saturated rings. The van der Waals surface area contributed by atoms with Gasteiger partial charge >= 0.3 is 0 Å². The van der Waals surface area contributed by atoms with Crippen LogP contribution < -0.4 is 5.32 Å². The number of rotatable bonds is 7. The van der Waals surface area contributed by atoms with Gasteiger partial charge in [0, 0.05) is 5.54 Å². The summed E-state index contributed by atoms with van der Waals surface area (Å²) in [5.41, 5.74) is 1.33. The summed E-state index contributed by atoms with van der Waals surface area (Å²) in [7, 11) is 1.93. The molecular formula is C18H30N2O. The molecule has 1 atom stereocenters. The molecule has 0 aliphatic carbocycles. The number of nitrogens with one attached hydrogen (secondary N) is 1. The second-order valence-electron chi connectivity index (χ2n) is 6.69. The summed E-state index contributed by atoms with van der Waals surface area (Å²) in [4.78, 5) is 2.55. The van der Waals surface area contributed by atoms with Crippen LogP contribution in [0.25, 0.3) is 0 Å². The third kappa shape index (κ3) is 5.10. The summed E-state index contributed by atoms with van der Waals surface area (Å²) in [6, 6.07) is 10.8. The quantitative estimate of drug-likeness (QED) is 0.809. The van der Waals surface area contributed by atoms with E-state index in [1.807, 2.05) is 7.05 Å². The highest BCUT2D eigenvalue weighted by atomic mass is 16.3. The highest BCUT2D eigenvalue weighted by molar-refractivity contribution is 5.15. The second kappa shape index (κ2) is 7.92.